The van der Waals surface area contributed by atoms with Gasteiger partial charge in [0, 0.05) is 31.4 Å². The highest BCUT2D eigenvalue weighted by Gasteiger charge is 2.27. The van der Waals surface area contributed by atoms with Crippen molar-refractivity contribution in [3.05, 3.63) is 23.9 Å². The van der Waals surface area contributed by atoms with Crippen molar-refractivity contribution in [2.24, 2.45) is 10.9 Å². The fourth-order valence-electron chi connectivity index (χ4n) is 2.98. The molecule has 1 N–H and O–H groups in total. The van der Waals surface area contributed by atoms with Crippen LogP contribution < -0.4 is 10.1 Å². The zero-order valence-corrected chi connectivity index (χ0v) is 16.0. The van der Waals surface area contributed by atoms with Crippen molar-refractivity contribution in [2.45, 2.75) is 40.2 Å². The number of nitrogens with zero attached hydrogens (tertiary/aromatic N) is 3. The molecule has 1 fully saturated rings. The summed E-state index contributed by atoms with van der Waals surface area (Å²) < 4.78 is 10.7. The summed E-state index contributed by atoms with van der Waals surface area (Å²) in [4.78, 5) is 23.1. The molecule has 7 heteroatoms. The van der Waals surface area contributed by atoms with Crippen LogP contribution in [0.5, 0.6) is 5.88 Å². The molecule has 1 aliphatic rings. The van der Waals surface area contributed by atoms with E-state index >= 15 is 0 Å². The molecule has 2 rings (SSSR count). The smallest absolute Gasteiger partial charge is 0.309 e. The van der Waals surface area contributed by atoms with Gasteiger partial charge in [-0.3, -0.25) is 4.79 Å². The number of nitrogens with one attached hydrogen (secondary N) is 1. The zero-order chi connectivity index (χ0) is 18.8. The number of aliphatic imine (C=N–C) groups is 1. The molecule has 7 nitrogen and oxygen atoms in total. The third-order valence-electron chi connectivity index (χ3n) is 4.28. The minimum Gasteiger partial charge on any atom is -0.478 e. The van der Waals surface area contributed by atoms with Gasteiger partial charge in [-0.05, 0) is 39.7 Å². The van der Waals surface area contributed by atoms with Gasteiger partial charge in [-0.25, -0.2) is 9.98 Å². The Hall–Kier alpha value is -2.31. The number of pyridine rings is 1. The highest BCUT2D eigenvalue weighted by Crippen LogP contribution is 2.20. The van der Waals surface area contributed by atoms with Crippen LogP contribution in [0.2, 0.25) is 0 Å². The first-order valence-corrected chi connectivity index (χ1v) is 9.46. The summed E-state index contributed by atoms with van der Waals surface area (Å²) in [7, 11) is 0. The van der Waals surface area contributed by atoms with Crippen LogP contribution >= 0.6 is 0 Å². The number of esters is 1. The zero-order valence-electron chi connectivity index (χ0n) is 16.0. The van der Waals surface area contributed by atoms with E-state index in [2.05, 4.69) is 22.1 Å². The monoisotopic (exact) mass is 362 g/mol. The number of piperidine rings is 1. The fourth-order valence-corrected chi connectivity index (χ4v) is 2.98. The van der Waals surface area contributed by atoms with Gasteiger partial charge in [0.1, 0.15) is 0 Å². The molecular formula is C19H30N4O3. The van der Waals surface area contributed by atoms with Gasteiger partial charge in [-0.1, -0.05) is 6.07 Å². The quantitative estimate of drug-likeness (QED) is 0.455. The van der Waals surface area contributed by atoms with Crippen LogP contribution in [0.1, 0.15) is 39.2 Å². The Labute approximate surface area is 155 Å². The van der Waals surface area contributed by atoms with E-state index in [-0.39, 0.29) is 11.9 Å². The predicted octanol–water partition coefficient (Wildman–Crippen LogP) is 2.22. The minimum absolute atomic E-state index is 0.00282. The van der Waals surface area contributed by atoms with Crippen LogP contribution in [-0.2, 0) is 16.1 Å². The van der Waals surface area contributed by atoms with Crippen molar-refractivity contribution in [1.29, 1.82) is 0 Å². The molecular weight excluding hydrogens is 332 g/mol. The summed E-state index contributed by atoms with van der Waals surface area (Å²) >= 11 is 0. The fraction of sp³-hybridized carbons (Fsp3) is 0.632. The topological polar surface area (TPSA) is 76.1 Å². The number of guanidine groups is 1. The predicted molar refractivity (Wildman–Crippen MR) is 101 cm³/mol. The number of carbonyl (C=O) groups is 1. The number of likely N-dealkylation sites (tertiary alicyclic amines) is 1. The van der Waals surface area contributed by atoms with E-state index in [0.29, 0.717) is 25.6 Å². The lowest BCUT2D eigenvalue weighted by Gasteiger charge is -2.33. The average molecular weight is 362 g/mol. The first-order valence-electron chi connectivity index (χ1n) is 9.46. The molecule has 0 saturated carbocycles. The molecule has 1 saturated heterocycles. The van der Waals surface area contributed by atoms with Gasteiger partial charge < -0.3 is 19.7 Å². The maximum atomic E-state index is 11.9. The molecule has 1 aromatic rings. The lowest BCUT2D eigenvalue weighted by molar-refractivity contribution is -0.149. The second-order valence-corrected chi connectivity index (χ2v) is 6.08. The maximum absolute atomic E-state index is 11.9. The molecule has 1 aliphatic heterocycles. The average Bonchev–Trinajstić information content (AvgIpc) is 2.67. The number of hydrogen-bond donors (Lipinski definition) is 1. The summed E-state index contributed by atoms with van der Waals surface area (Å²) in [6.07, 6.45) is 3.31. The maximum Gasteiger partial charge on any atom is 0.309 e. The SMILES string of the molecule is CCNC(=NCc1cccnc1OCC)N1CCC(C(=O)OCC)CC1. The molecule has 26 heavy (non-hydrogen) atoms. The van der Waals surface area contributed by atoms with Crippen LogP contribution in [0, 0.1) is 5.92 Å². The lowest BCUT2D eigenvalue weighted by Crippen LogP contribution is -2.46. The van der Waals surface area contributed by atoms with Gasteiger partial charge in [0.05, 0.1) is 25.7 Å². The van der Waals surface area contributed by atoms with E-state index in [1.807, 2.05) is 26.0 Å². The Bertz CT molecular complexity index is 598. The Kier molecular flexibility index (Phi) is 8.18. The van der Waals surface area contributed by atoms with Crippen molar-refractivity contribution in [3.63, 3.8) is 0 Å². The number of rotatable bonds is 7. The first-order chi connectivity index (χ1) is 12.7. The van der Waals surface area contributed by atoms with E-state index in [1.165, 1.54) is 0 Å². The second-order valence-electron chi connectivity index (χ2n) is 6.08. The Morgan fingerprint density at radius 1 is 1.31 bits per heavy atom. The van der Waals surface area contributed by atoms with Crippen molar-refractivity contribution >= 4 is 11.9 Å². The lowest BCUT2D eigenvalue weighted by atomic mass is 9.97. The van der Waals surface area contributed by atoms with Crippen molar-refractivity contribution < 1.29 is 14.3 Å². The molecule has 0 aliphatic carbocycles. The van der Waals surface area contributed by atoms with Gasteiger partial charge in [0.15, 0.2) is 5.96 Å². The van der Waals surface area contributed by atoms with Crippen molar-refractivity contribution in [1.82, 2.24) is 15.2 Å². The van der Waals surface area contributed by atoms with Gasteiger partial charge in [-0.2, -0.15) is 0 Å². The van der Waals surface area contributed by atoms with Crippen molar-refractivity contribution in [3.8, 4) is 5.88 Å². The summed E-state index contributed by atoms with van der Waals surface area (Å²) in [5, 5.41) is 3.34. The summed E-state index contributed by atoms with van der Waals surface area (Å²) in [6, 6.07) is 3.88. The largest absolute Gasteiger partial charge is 0.478 e. The summed E-state index contributed by atoms with van der Waals surface area (Å²) in [5.41, 5.74) is 0.964. The van der Waals surface area contributed by atoms with Crippen molar-refractivity contribution in [2.75, 3.05) is 32.8 Å². The Morgan fingerprint density at radius 3 is 2.73 bits per heavy atom. The van der Waals surface area contributed by atoms with Crippen LogP contribution in [0.25, 0.3) is 0 Å². The van der Waals surface area contributed by atoms with Gasteiger partial charge in [0.25, 0.3) is 0 Å². The number of aromatic nitrogens is 1. The van der Waals surface area contributed by atoms with E-state index in [4.69, 9.17) is 14.5 Å². The highest BCUT2D eigenvalue weighted by atomic mass is 16.5. The Morgan fingerprint density at radius 2 is 2.08 bits per heavy atom. The van der Waals surface area contributed by atoms with Crippen LogP contribution in [0.15, 0.2) is 23.3 Å². The van der Waals surface area contributed by atoms with E-state index in [0.717, 1.165) is 44.0 Å². The van der Waals surface area contributed by atoms with E-state index in [1.54, 1.807) is 6.20 Å². The van der Waals surface area contributed by atoms with Crippen LogP contribution in [0.3, 0.4) is 0 Å². The molecule has 0 amide bonds. The molecule has 0 spiro atoms. The van der Waals surface area contributed by atoms with E-state index in [9.17, 15) is 4.79 Å². The normalized spacial score (nSPS) is 15.7. The van der Waals surface area contributed by atoms with Crippen LogP contribution in [-0.4, -0.2) is 54.7 Å². The van der Waals surface area contributed by atoms with Gasteiger partial charge in [0.2, 0.25) is 5.88 Å². The summed E-state index contributed by atoms with van der Waals surface area (Å²) in [5.74, 6) is 1.42. The number of ether oxygens (including phenoxy) is 2. The summed E-state index contributed by atoms with van der Waals surface area (Å²) in [6.45, 7) is 9.74. The molecule has 0 atom stereocenters. The molecule has 0 aromatic carbocycles. The number of carbonyl (C=O) groups excluding carboxylic acids is 1. The minimum atomic E-state index is -0.0780. The molecule has 0 radical (unpaired) electrons. The third-order valence-corrected chi connectivity index (χ3v) is 4.28. The van der Waals surface area contributed by atoms with E-state index < -0.39 is 0 Å². The first kappa shape index (κ1) is 20.0. The standard InChI is InChI=1S/C19H30N4O3/c1-4-20-19(22-14-16-8-7-11-21-17(16)25-5-2)23-12-9-15(10-13-23)18(24)26-6-3/h7-8,11,15H,4-6,9-10,12-14H2,1-3H3,(H,20,22). The highest BCUT2D eigenvalue weighted by molar-refractivity contribution is 5.80. The van der Waals surface area contributed by atoms with Gasteiger partial charge in [-0.15, -0.1) is 0 Å². The van der Waals surface area contributed by atoms with Gasteiger partial charge >= 0.3 is 5.97 Å². The molecule has 0 unspecified atom stereocenters. The Balaban J connectivity index is 2.00. The third kappa shape index (κ3) is 5.61. The second kappa shape index (κ2) is 10.6. The van der Waals surface area contributed by atoms with Crippen LogP contribution in [0.4, 0.5) is 0 Å². The number of hydrogen-bond acceptors (Lipinski definition) is 5. The molecule has 0 bridgehead atoms. The molecule has 144 valence electrons. The molecule has 1 aromatic heterocycles. The molecule has 2 heterocycles.